The second-order valence-electron chi connectivity index (χ2n) is 13.8. The van der Waals surface area contributed by atoms with Crippen LogP contribution in [-0.4, -0.2) is 23.1 Å². The van der Waals surface area contributed by atoms with E-state index in [2.05, 4.69) is 27.7 Å². The van der Waals surface area contributed by atoms with E-state index in [0.717, 1.165) is 51.4 Å². The summed E-state index contributed by atoms with van der Waals surface area (Å²) in [4.78, 5) is 24.4. The maximum atomic E-state index is 13.9. The van der Waals surface area contributed by atoms with Crippen LogP contribution in [-0.2, 0) is 14.3 Å². The van der Waals surface area contributed by atoms with Gasteiger partial charge >= 0.3 is 11.9 Å². The van der Waals surface area contributed by atoms with E-state index >= 15 is 0 Å². The lowest BCUT2D eigenvalue weighted by Gasteiger charge is -2.38. The van der Waals surface area contributed by atoms with Crippen molar-refractivity contribution in [3.05, 3.63) is 0 Å². The summed E-state index contributed by atoms with van der Waals surface area (Å²) < 4.78 is 6.04. The van der Waals surface area contributed by atoms with Gasteiger partial charge < -0.3 is 9.84 Å². The Bertz CT molecular complexity index is 611. The van der Waals surface area contributed by atoms with Gasteiger partial charge in [0.05, 0.1) is 11.5 Å². The van der Waals surface area contributed by atoms with Crippen LogP contribution in [0.25, 0.3) is 0 Å². The molecule has 0 fully saturated rings. The number of esters is 1. The fraction of sp³-hybridized carbons (Fsp3) is 0.947. The van der Waals surface area contributed by atoms with Gasteiger partial charge in [-0.05, 0) is 51.4 Å². The molecule has 0 aliphatic heterocycles. The maximum Gasteiger partial charge on any atom is 0.312 e. The van der Waals surface area contributed by atoms with Crippen LogP contribution in [0.4, 0.5) is 0 Å². The van der Waals surface area contributed by atoms with Crippen molar-refractivity contribution in [2.75, 3.05) is 0 Å². The van der Waals surface area contributed by atoms with E-state index < -0.39 is 5.97 Å². The third-order valence-corrected chi connectivity index (χ3v) is 9.52. The molecule has 250 valence electrons. The van der Waals surface area contributed by atoms with Gasteiger partial charge in [-0.25, -0.2) is 0 Å². The van der Waals surface area contributed by atoms with Crippen molar-refractivity contribution in [3.63, 3.8) is 0 Å². The minimum atomic E-state index is -0.666. The number of hydrogen-bond donors (Lipinski definition) is 1. The Kier molecular flexibility index (Phi) is 26.8. The van der Waals surface area contributed by atoms with Crippen LogP contribution in [0.1, 0.15) is 208 Å². The normalized spacial score (nSPS) is 14.5. The lowest BCUT2D eigenvalue weighted by atomic mass is 9.67. The fourth-order valence-corrected chi connectivity index (χ4v) is 6.75. The summed E-state index contributed by atoms with van der Waals surface area (Å²) in [6.07, 6.45) is 30.3. The standard InChI is InChI=1S/C38H74O4/c1-7-11-27-34(9-3)31-38(37(41)42-33(5)6,32-35(10-4)28-12-8-2)30-26-24-22-20-18-16-14-13-15-17-19-21-23-25-29-36(39)40/h33-35H,7-32H2,1-6H3,(H,39,40). The number of ether oxygens (including phenoxy) is 1. The predicted octanol–water partition coefficient (Wildman–Crippen LogP) is 12.5. The van der Waals surface area contributed by atoms with Crippen molar-refractivity contribution in [2.24, 2.45) is 17.3 Å². The van der Waals surface area contributed by atoms with E-state index in [4.69, 9.17) is 9.84 Å². The first kappa shape index (κ1) is 40.9. The molecule has 2 unspecified atom stereocenters. The van der Waals surface area contributed by atoms with Crippen molar-refractivity contribution in [1.82, 2.24) is 0 Å². The summed E-state index contributed by atoms with van der Waals surface area (Å²) in [7, 11) is 0. The third-order valence-electron chi connectivity index (χ3n) is 9.52. The second-order valence-corrected chi connectivity index (χ2v) is 13.8. The first-order valence-corrected chi connectivity index (χ1v) is 18.7. The summed E-state index contributed by atoms with van der Waals surface area (Å²) in [5, 5.41) is 8.70. The van der Waals surface area contributed by atoms with E-state index in [-0.39, 0.29) is 17.5 Å². The molecule has 0 spiro atoms. The monoisotopic (exact) mass is 595 g/mol. The molecule has 0 radical (unpaired) electrons. The Morgan fingerprint density at radius 1 is 0.595 bits per heavy atom. The highest BCUT2D eigenvalue weighted by molar-refractivity contribution is 5.77. The molecular formula is C38H74O4. The molecule has 0 aromatic carbocycles. The average Bonchev–Trinajstić information content (AvgIpc) is 2.96. The van der Waals surface area contributed by atoms with Crippen molar-refractivity contribution < 1.29 is 19.4 Å². The van der Waals surface area contributed by atoms with Crippen LogP contribution >= 0.6 is 0 Å². The van der Waals surface area contributed by atoms with E-state index in [1.54, 1.807) is 0 Å². The molecule has 4 nitrogen and oxygen atoms in total. The fourth-order valence-electron chi connectivity index (χ4n) is 6.75. The van der Waals surface area contributed by atoms with E-state index in [0.29, 0.717) is 18.3 Å². The first-order valence-electron chi connectivity index (χ1n) is 18.7. The molecule has 0 aromatic rings. The van der Waals surface area contributed by atoms with Gasteiger partial charge in [0.25, 0.3) is 0 Å². The van der Waals surface area contributed by atoms with Crippen molar-refractivity contribution >= 4 is 11.9 Å². The summed E-state index contributed by atoms with van der Waals surface area (Å²) >= 11 is 0. The summed E-state index contributed by atoms with van der Waals surface area (Å²) in [5.74, 6) is 0.665. The van der Waals surface area contributed by atoms with Gasteiger partial charge in [0.2, 0.25) is 0 Å². The Balaban J connectivity index is 4.74. The maximum absolute atomic E-state index is 13.9. The lowest BCUT2D eigenvalue weighted by Crippen LogP contribution is -2.38. The van der Waals surface area contributed by atoms with Gasteiger partial charge in [0, 0.05) is 6.42 Å². The summed E-state index contributed by atoms with van der Waals surface area (Å²) in [6.45, 7) is 13.2. The molecule has 0 rings (SSSR count). The van der Waals surface area contributed by atoms with Crippen LogP contribution in [0.3, 0.4) is 0 Å². The Morgan fingerprint density at radius 3 is 1.31 bits per heavy atom. The molecule has 4 heteroatoms. The molecule has 2 atom stereocenters. The summed E-state index contributed by atoms with van der Waals surface area (Å²) in [6, 6.07) is 0. The molecule has 1 N–H and O–H groups in total. The van der Waals surface area contributed by atoms with Crippen LogP contribution in [0.15, 0.2) is 0 Å². The van der Waals surface area contributed by atoms with E-state index in [1.807, 2.05) is 13.8 Å². The molecule has 0 aromatic heterocycles. The zero-order valence-electron chi connectivity index (χ0n) is 29.3. The Hall–Kier alpha value is -1.06. The second kappa shape index (κ2) is 27.5. The molecule has 42 heavy (non-hydrogen) atoms. The molecule has 0 aliphatic carbocycles. The SMILES string of the molecule is CCCCC(CC)CC(CCCCCCCCCCCCCCCCC(=O)O)(CC(CC)CCCC)C(=O)OC(C)C. The zero-order chi connectivity index (χ0) is 31.5. The van der Waals surface area contributed by atoms with E-state index in [9.17, 15) is 9.59 Å². The van der Waals surface area contributed by atoms with Gasteiger partial charge in [-0.2, -0.15) is 0 Å². The molecule has 0 heterocycles. The number of carboxylic acids is 1. The Morgan fingerprint density at radius 2 is 0.976 bits per heavy atom. The number of rotatable bonds is 31. The minimum absolute atomic E-state index is 0.0490. The van der Waals surface area contributed by atoms with Crippen LogP contribution in [0.5, 0.6) is 0 Å². The highest BCUT2D eigenvalue weighted by Gasteiger charge is 2.42. The van der Waals surface area contributed by atoms with E-state index in [1.165, 1.54) is 109 Å². The quantitative estimate of drug-likeness (QED) is 0.0640. The first-order chi connectivity index (χ1) is 20.2. The van der Waals surface area contributed by atoms with Gasteiger partial charge in [0.15, 0.2) is 0 Å². The van der Waals surface area contributed by atoms with Crippen LogP contribution in [0, 0.1) is 17.3 Å². The van der Waals surface area contributed by atoms with Crippen molar-refractivity contribution in [2.45, 2.75) is 215 Å². The molecule has 0 saturated heterocycles. The molecule has 0 aliphatic rings. The van der Waals surface area contributed by atoms with Crippen LogP contribution < -0.4 is 0 Å². The number of aliphatic carboxylic acids is 1. The van der Waals surface area contributed by atoms with Gasteiger partial charge in [-0.3, -0.25) is 9.59 Å². The van der Waals surface area contributed by atoms with Crippen molar-refractivity contribution in [3.8, 4) is 0 Å². The Labute approximate surface area is 262 Å². The molecule has 0 amide bonds. The number of carbonyl (C=O) groups excluding carboxylic acids is 1. The number of unbranched alkanes of at least 4 members (excludes halogenated alkanes) is 15. The smallest absolute Gasteiger partial charge is 0.312 e. The average molecular weight is 595 g/mol. The number of carbonyl (C=O) groups is 2. The number of carboxylic acid groups (broad SMARTS) is 1. The summed E-state index contributed by atoms with van der Waals surface area (Å²) in [5.41, 5.74) is -0.316. The van der Waals surface area contributed by atoms with Gasteiger partial charge in [-0.15, -0.1) is 0 Å². The topological polar surface area (TPSA) is 63.6 Å². The molecule has 0 saturated carbocycles. The highest BCUT2D eigenvalue weighted by atomic mass is 16.5. The molecule has 0 bridgehead atoms. The van der Waals surface area contributed by atoms with Gasteiger partial charge in [0.1, 0.15) is 0 Å². The largest absolute Gasteiger partial charge is 0.481 e. The van der Waals surface area contributed by atoms with Crippen LogP contribution in [0.2, 0.25) is 0 Å². The van der Waals surface area contributed by atoms with Gasteiger partial charge in [-0.1, -0.05) is 163 Å². The number of hydrogen-bond acceptors (Lipinski definition) is 3. The van der Waals surface area contributed by atoms with Crippen molar-refractivity contribution in [1.29, 1.82) is 0 Å². The lowest BCUT2D eigenvalue weighted by molar-refractivity contribution is -0.163. The highest BCUT2D eigenvalue weighted by Crippen LogP contribution is 2.44. The predicted molar refractivity (Wildman–Crippen MR) is 181 cm³/mol. The third kappa shape index (κ3) is 21.6. The zero-order valence-corrected chi connectivity index (χ0v) is 29.3. The molecular weight excluding hydrogens is 520 g/mol. The minimum Gasteiger partial charge on any atom is -0.481 e.